The number of anilines is 1. The molecule has 10 heteroatoms. The fraction of sp³-hybridized carbons (Fsp3) is 0.154. The lowest BCUT2D eigenvalue weighted by Gasteiger charge is -2.24. The van der Waals surface area contributed by atoms with E-state index < -0.39 is 17.7 Å². The number of ketones is 1. The van der Waals surface area contributed by atoms with Gasteiger partial charge in [0, 0.05) is 10.8 Å². The largest absolute Gasteiger partial charge is 0.503 e. The second-order valence-corrected chi connectivity index (χ2v) is 11.5. The summed E-state index contributed by atoms with van der Waals surface area (Å²) < 4.78 is 0.648. The lowest BCUT2D eigenvalue weighted by molar-refractivity contribution is -0.117. The van der Waals surface area contributed by atoms with Crippen LogP contribution in [-0.4, -0.2) is 27.0 Å². The number of aromatic nitrogens is 2. The smallest absolute Gasteiger partial charge is 0.296 e. The number of aliphatic hydroxyl groups excluding tert-OH is 1. The van der Waals surface area contributed by atoms with Gasteiger partial charge < -0.3 is 5.11 Å². The van der Waals surface area contributed by atoms with Crippen molar-refractivity contribution in [3.8, 4) is 0 Å². The Morgan fingerprint density at radius 2 is 1.89 bits per heavy atom. The van der Waals surface area contributed by atoms with E-state index >= 15 is 0 Å². The molecule has 1 aliphatic rings. The number of amides is 1. The molecule has 0 aliphatic carbocycles. The molecule has 5 rings (SSSR count). The number of hydrogen-bond donors (Lipinski definition) is 1. The standard InChI is InChI=1S/C26H20ClN3O3S3/c1-2-15-9-11-16(12-10-15)21-20(22(31)19-8-5-13-34-19)23(32)24(33)30(21)25-28-29-26(36-25)35-14-17-6-3-4-7-18(17)27/h3-13,21,32H,2,14H2,1H3. The number of halogens is 1. The van der Waals surface area contributed by atoms with E-state index in [9.17, 15) is 14.7 Å². The van der Waals surface area contributed by atoms with Crippen molar-refractivity contribution in [2.45, 2.75) is 29.5 Å². The number of carbonyl (C=O) groups is 2. The maximum Gasteiger partial charge on any atom is 0.296 e. The van der Waals surface area contributed by atoms with Gasteiger partial charge in [-0.2, -0.15) is 0 Å². The lowest BCUT2D eigenvalue weighted by Crippen LogP contribution is -2.31. The zero-order valence-corrected chi connectivity index (χ0v) is 22.3. The Balaban J connectivity index is 1.49. The van der Waals surface area contributed by atoms with Crippen LogP contribution in [0.4, 0.5) is 5.13 Å². The van der Waals surface area contributed by atoms with Crippen molar-refractivity contribution < 1.29 is 14.7 Å². The number of Topliss-reactive ketones (excluding diaryl/α,β-unsaturated/α-hetero) is 1. The van der Waals surface area contributed by atoms with E-state index in [-0.39, 0.29) is 11.4 Å². The van der Waals surface area contributed by atoms with Crippen molar-refractivity contribution in [3.05, 3.63) is 104 Å². The van der Waals surface area contributed by atoms with E-state index in [1.54, 1.807) is 17.5 Å². The third-order valence-electron chi connectivity index (χ3n) is 5.81. The highest BCUT2D eigenvalue weighted by Gasteiger charge is 2.46. The summed E-state index contributed by atoms with van der Waals surface area (Å²) in [6.45, 7) is 2.06. The van der Waals surface area contributed by atoms with E-state index in [2.05, 4.69) is 17.1 Å². The number of benzene rings is 2. The Kier molecular flexibility index (Phi) is 7.25. The average Bonchev–Trinajstić information content (AvgIpc) is 3.64. The SMILES string of the molecule is CCc1ccc(C2C(C(=O)c3cccs3)=C(O)C(=O)N2c2nnc(SCc3ccccc3Cl)s2)cc1. The third kappa shape index (κ3) is 4.71. The first kappa shape index (κ1) is 24.7. The van der Waals surface area contributed by atoms with E-state index in [1.807, 2.05) is 48.5 Å². The topological polar surface area (TPSA) is 83.4 Å². The van der Waals surface area contributed by atoms with Gasteiger partial charge in [0.25, 0.3) is 5.91 Å². The van der Waals surface area contributed by atoms with Gasteiger partial charge in [0.05, 0.1) is 16.5 Å². The number of aliphatic hydroxyl groups is 1. The van der Waals surface area contributed by atoms with Gasteiger partial charge in [0.2, 0.25) is 10.9 Å². The second-order valence-electron chi connectivity index (χ2n) is 7.97. The molecule has 3 heterocycles. The number of rotatable bonds is 8. The molecule has 0 fully saturated rings. The van der Waals surface area contributed by atoms with Gasteiger partial charge >= 0.3 is 0 Å². The van der Waals surface area contributed by atoms with E-state index in [0.717, 1.165) is 17.5 Å². The van der Waals surface area contributed by atoms with Gasteiger partial charge in [-0.15, -0.1) is 21.5 Å². The Hall–Kier alpha value is -2.98. The van der Waals surface area contributed by atoms with Gasteiger partial charge in [-0.05, 0) is 40.6 Å². The van der Waals surface area contributed by atoms with Crippen LogP contribution in [0.15, 0.2) is 81.7 Å². The summed E-state index contributed by atoms with van der Waals surface area (Å²) in [6.07, 6.45) is 0.859. The predicted molar refractivity (Wildman–Crippen MR) is 145 cm³/mol. The van der Waals surface area contributed by atoms with E-state index in [1.165, 1.54) is 39.3 Å². The second kappa shape index (κ2) is 10.6. The first-order chi connectivity index (χ1) is 17.5. The molecule has 1 aliphatic heterocycles. The van der Waals surface area contributed by atoms with Crippen molar-refractivity contribution in [2.24, 2.45) is 0 Å². The number of carbonyl (C=O) groups excluding carboxylic acids is 2. The quantitative estimate of drug-likeness (QED) is 0.145. The number of thioether (sulfide) groups is 1. The first-order valence-electron chi connectivity index (χ1n) is 11.1. The highest BCUT2D eigenvalue weighted by atomic mass is 35.5. The monoisotopic (exact) mass is 553 g/mol. The van der Waals surface area contributed by atoms with Crippen molar-refractivity contribution in [1.29, 1.82) is 0 Å². The van der Waals surface area contributed by atoms with E-state index in [4.69, 9.17) is 11.6 Å². The maximum absolute atomic E-state index is 13.4. The average molecular weight is 554 g/mol. The highest BCUT2D eigenvalue weighted by Crippen LogP contribution is 2.44. The van der Waals surface area contributed by atoms with E-state index in [0.29, 0.717) is 30.7 Å². The zero-order chi connectivity index (χ0) is 25.2. The number of thiophene rings is 1. The minimum Gasteiger partial charge on any atom is -0.503 e. The maximum atomic E-state index is 13.4. The molecule has 0 bridgehead atoms. The molecule has 4 aromatic rings. The Morgan fingerprint density at radius 3 is 2.58 bits per heavy atom. The first-order valence-corrected chi connectivity index (χ1v) is 14.2. The van der Waals surface area contributed by atoms with Crippen LogP contribution in [0.2, 0.25) is 5.02 Å². The van der Waals surface area contributed by atoms with Crippen LogP contribution in [0.3, 0.4) is 0 Å². The van der Waals surface area contributed by atoms with Crippen molar-refractivity contribution >= 4 is 62.9 Å². The molecule has 0 saturated heterocycles. The normalized spacial score (nSPS) is 15.7. The van der Waals surface area contributed by atoms with Crippen LogP contribution >= 0.6 is 46.0 Å². The molecular formula is C26H20ClN3O3S3. The van der Waals surface area contributed by atoms with Gasteiger partial charge in [0.1, 0.15) is 0 Å². The number of aryl methyl sites for hydroxylation is 1. The van der Waals surface area contributed by atoms with Crippen LogP contribution in [0.5, 0.6) is 0 Å². The molecule has 1 N–H and O–H groups in total. The van der Waals surface area contributed by atoms with Crippen molar-refractivity contribution in [1.82, 2.24) is 10.2 Å². The number of hydrogen-bond acceptors (Lipinski definition) is 8. The zero-order valence-electron chi connectivity index (χ0n) is 19.1. The molecule has 2 aromatic heterocycles. The fourth-order valence-electron chi connectivity index (χ4n) is 3.94. The van der Waals surface area contributed by atoms with Crippen LogP contribution in [0.25, 0.3) is 0 Å². The summed E-state index contributed by atoms with van der Waals surface area (Å²) in [5, 5.41) is 22.2. The summed E-state index contributed by atoms with van der Waals surface area (Å²) in [4.78, 5) is 28.5. The van der Waals surface area contributed by atoms with Crippen LogP contribution in [-0.2, 0) is 17.0 Å². The highest BCUT2D eigenvalue weighted by molar-refractivity contribution is 8.00. The predicted octanol–water partition coefficient (Wildman–Crippen LogP) is 6.89. The van der Waals surface area contributed by atoms with Crippen molar-refractivity contribution in [2.75, 3.05) is 4.90 Å². The summed E-state index contributed by atoms with van der Waals surface area (Å²) in [5.74, 6) is -1.01. The van der Waals surface area contributed by atoms with Crippen LogP contribution in [0.1, 0.15) is 39.3 Å². The summed E-state index contributed by atoms with van der Waals surface area (Å²) in [5.41, 5.74) is 2.86. The van der Waals surface area contributed by atoms with Gasteiger partial charge in [-0.1, -0.05) is 90.2 Å². The Labute approximate surface area is 225 Å². The molecule has 0 saturated carbocycles. The Bertz CT molecular complexity index is 1450. The van der Waals surface area contributed by atoms with Gasteiger partial charge in [0.15, 0.2) is 10.1 Å². The lowest BCUT2D eigenvalue weighted by atomic mass is 9.94. The van der Waals surface area contributed by atoms with Gasteiger partial charge in [-0.3, -0.25) is 14.5 Å². The summed E-state index contributed by atoms with van der Waals surface area (Å²) >= 11 is 10.2. The number of nitrogens with zero attached hydrogens (tertiary/aromatic N) is 3. The van der Waals surface area contributed by atoms with Crippen LogP contribution < -0.4 is 4.90 Å². The molecule has 182 valence electrons. The minimum absolute atomic E-state index is 0.0483. The fourth-order valence-corrected chi connectivity index (χ4v) is 6.77. The molecule has 6 nitrogen and oxygen atoms in total. The van der Waals surface area contributed by atoms with Gasteiger partial charge in [-0.25, -0.2) is 0 Å². The molecule has 36 heavy (non-hydrogen) atoms. The van der Waals surface area contributed by atoms with Crippen LogP contribution in [0, 0.1) is 0 Å². The molecule has 1 amide bonds. The molecule has 1 unspecified atom stereocenters. The third-order valence-corrected chi connectivity index (χ3v) is 9.15. The summed E-state index contributed by atoms with van der Waals surface area (Å²) in [7, 11) is 0. The molecule has 2 aromatic carbocycles. The van der Waals surface area contributed by atoms with Crippen molar-refractivity contribution in [3.63, 3.8) is 0 Å². The molecular weight excluding hydrogens is 534 g/mol. The minimum atomic E-state index is -0.813. The molecule has 0 radical (unpaired) electrons. The Morgan fingerprint density at radius 1 is 1.11 bits per heavy atom. The molecule has 1 atom stereocenters. The molecule has 0 spiro atoms. The summed E-state index contributed by atoms with van der Waals surface area (Å²) in [6, 6.07) is 17.9.